The quantitative estimate of drug-likeness (QED) is 0.185. The Bertz CT molecular complexity index is 2080. The van der Waals surface area contributed by atoms with E-state index in [-0.39, 0.29) is 0 Å². The zero-order chi connectivity index (χ0) is 30.7. The first-order valence-electron chi connectivity index (χ1n) is 15.4. The van der Waals surface area contributed by atoms with E-state index in [0.29, 0.717) is 0 Å². The van der Waals surface area contributed by atoms with Crippen molar-refractivity contribution in [1.82, 2.24) is 9.97 Å². The lowest BCUT2D eigenvalue weighted by Crippen LogP contribution is -2.10. The molecule has 4 heteroatoms. The first-order valence-corrected chi connectivity index (χ1v) is 15.4. The van der Waals surface area contributed by atoms with Crippen molar-refractivity contribution in [3.63, 3.8) is 0 Å². The van der Waals surface area contributed by atoms with Crippen LogP contribution in [0.15, 0.2) is 182 Å². The molecule has 0 N–H and O–H groups in total. The van der Waals surface area contributed by atoms with Crippen molar-refractivity contribution in [3.8, 4) is 11.1 Å². The number of benzene rings is 6. The smallest absolute Gasteiger partial charge is 0.0703 e. The van der Waals surface area contributed by atoms with Crippen LogP contribution in [0.1, 0.15) is 0 Å². The number of aromatic nitrogens is 2. The molecule has 2 heterocycles. The highest BCUT2D eigenvalue weighted by Gasteiger charge is 2.16. The van der Waals surface area contributed by atoms with Crippen molar-refractivity contribution in [3.05, 3.63) is 182 Å². The summed E-state index contributed by atoms with van der Waals surface area (Å²) in [5.41, 5.74) is 10.6. The van der Waals surface area contributed by atoms with E-state index >= 15 is 0 Å². The summed E-state index contributed by atoms with van der Waals surface area (Å²) in [7, 11) is 0. The van der Waals surface area contributed by atoms with E-state index in [1.165, 1.54) is 0 Å². The van der Waals surface area contributed by atoms with E-state index in [1.54, 1.807) is 0 Å². The first kappa shape index (κ1) is 27.3. The first-order chi connectivity index (χ1) is 22.8. The van der Waals surface area contributed by atoms with Gasteiger partial charge in [0.05, 0.1) is 34.8 Å². The van der Waals surface area contributed by atoms with Crippen molar-refractivity contribution >= 4 is 55.9 Å². The minimum atomic E-state index is 0.987. The largest absolute Gasteiger partial charge is 0.309 e. The van der Waals surface area contributed by atoms with E-state index < -0.39 is 0 Å². The van der Waals surface area contributed by atoms with Crippen LogP contribution in [0.25, 0.3) is 32.9 Å². The third kappa shape index (κ3) is 5.33. The molecule has 0 unspecified atom stereocenters. The Balaban J connectivity index is 1.13. The number of rotatable bonds is 7. The second kappa shape index (κ2) is 12.0. The topological polar surface area (TPSA) is 32.3 Å². The van der Waals surface area contributed by atoms with Gasteiger partial charge >= 0.3 is 0 Å². The fourth-order valence-electron chi connectivity index (χ4n) is 6.02. The van der Waals surface area contributed by atoms with Gasteiger partial charge < -0.3 is 9.80 Å². The zero-order valence-electron chi connectivity index (χ0n) is 25.1. The second-order valence-electron chi connectivity index (χ2n) is 11.2. The highest BCUT2D eigenvalue weighted by molar-refractivity contribution is 5.88. The summed E-state index contributed by atoms with van der Waals surface area (Å²) < 4.78 is 0. The number of para-hydroxylation sites is 4. The fraction of sp³-hybridized carbons (Fsp3) is 0. The fourth-order valence-corrected chi connectivity index (χ4v) is 6.02. The van der Waals surface area contributed by atoms with Gasteiger partial charge in [0.2, 0.25) is 0 Å². The van der Waals surface area contributed by atoms with Gasteiger partial charge in [-0.2, -0.15) is 0 Å². The van der Waals surface area contributed by atoms with Gasteiger partial charge in [-0.3, -0.25) is 9.97 Å². The lowest BCUT2D eigenvalue weighted by atomic mass is 10.0. The normalized spacial score (nSPS) is 11.0. The molecule has 0 aliphatic carbocycles. The van der Waals surface area contributed by atoms with Gasteiger partial charge in [0, 0.05) is 33.5 Å². The summed E-state index contributed by atoms with van der Waals surface area (Å²) in [6.07, 6.45) is 3.90. The number of hydrogen-bond donors (Lipinski definition) is 0. The summed E-state index contributed by atoms with van der Waals surface area (Å²) in [5.74, 6) is 0. The maximum Gasteiger partial charge on any atom is 0.0703 e. The molecule has 6 aromatic carbocycles. The van der Waals surface area contributed by atoms with E-state index in [0.717, 1.165) is 67.1 Å². The van der Waals surface area contributed by atoms with Crippen molar-refractivity contribution in [2.45, 2.75) is 0 Å². The molecule has 46 heavy (non-hydrogen) atoms. The predicted molar refractivity (Wildman–Crippen MR) is 192 cm³/mol. The Labute approximate surface area is 268 Å². The molecule has 4 nitrogen and oxygen atoms in total. The van der Waals surface area contributed by atoms with Crippen molar-refractivity contribution in [2.24, 2.45) is 0 Å². The lowest BCUT2D eigenvalue weighted by molar-refractivity contribution is 1.25. The summed E-state index contributed by atoms with van der Waals surface area (Å²) in [4.78, 5) is 14.0. The van der Waals surface area contributed by atoms with Gasteiger partial charge in [0.1, 0.15) is 0 Å². The van der Waals surface area contributed by atoms with Gasteiger partial charge in [-0.15, -0.1) is 0 Å². The SMILES string of the molecule is c1ccc(N(c2ccc(-c3ccc(N(c4ccccc4)c4cnc5ccccc5c4)cc3)cc2)c2cnc3ccccc3c2)cc1. The molecule has 218 valence electrons. The van der Waals surface area contributed by atoms with E-state index in [4.69, 9.17) is 9.97 Å². The number of hydrogen-bond acceptors (Lipinski definition) is 4. The monoisotopic (exact) mass is 590 g/mol. The van der Waals surface area contributed by atoms with E-state index in [9.17, 15) is 0 Å². The summed E-state index contributed by atoms with van der Waals surface area (Å²) in [5, 5.41) is 2.23. The molecule has 0 saturated carbocycles. The molecule has 0 aliphatic heterocycles. The number of anilines is 6. The van der Waals surface area contributed by atoms with Crippen LogP contribution in [0.3, 0.4) is 0 Å². The summed E-state index contributed by atoms with van der Waals surface area (Å²) >= 11 is 0. The molecule has 0 fully saturated rings. The van der Waals surface area contributed by atoms with Crippen LogP contribution in [0.4, 0.5) is 34.1 Å². The van der Waals surface area contributed by atoms with Crippen molar-refractivity contribution < 1.29 is 0 Å². The van der Waals surface area contributed by atoms with Crippen LogP contribution < -0.4 is 9.80 Å². The van der Waals surface area contributed by atoms with E-state index in [1.807, 2.05) is 48.8 Å². The Hall–Kier alpha value is -6.26. The average Bonchev–Trinajstić information content (AvgIpc) is 3.13. The van der Waals surface area contributed by atoms with Gasteiger partial charge in [0.15, 0.2) is 0 Å². The molecule has 0 aliphatic rings. The molecule has 0 radical (unpaired) electrons. The van der Waals surface area contributed by atoms with Crippen LogP contribution in [0, 0.1) is 0 Å². The maximum absolute atomic E-state index is 4.75. The van der Waals surface area contributed by atoms with Gasteiger partial charge in [-0.1, -0.05) is 97.1 Å². The van der Waals surface area contributed by atoms with Crippen LogP contribution in [0.5, 0.6) is 0 Å². The molecule has 2 aromatic heterocycles. The summed E-state index contributed by atoms with van der Waals surface area (Å²) in [6.45, 7) is 0. The van der Waals surface area contributed by atoms with Crippen LogP contribution >= 0.6 is 0 Å². The third-order valence-electron chi connectivity index (χ3n) is 8.28. The average molecular weight is 591 g/mol. The lowest BCUT2D eigenvalue weighted by Gasteiger charge is -2.26. The standard InChI is InChI=1S/C42H30N4/c1-3-13-35(14-4-1)45(39-27-33-11-7-9-17-41(33)43-29-39)37-23-19-31(20-24-37)32-21-25-38(26-22-32)46(36-15-5-2-6-16-36)40-28-34-12-8-10-18-42(34)44-30-40/h1-30H. The summed E-state index contributed by atoms with van der Waals surface area (Å²) in [6, 6.07) is 59.2. The van der Waals surface area contributed by atoms with Crippen LogP contribution in [-0.2, 0) is 0 Å². The van der Waals surface area contributed by atoms with Crippen LogP contribution in [-0.4, -0.2) is 9.97 Å². The van der Waals surface area contributed by atoms with Crippen molar-refractivity contribution in [1.29, 1.82) is 0 Å². The molecule has 8 rings (SSSR count). The predicted octanol–water partition coefficient (Wildman–Crippen LogP) is 11.4. The number of fused-ring (bicyclic) bond motifs is 2. The Kier molecular flexibility index (Phi) is 7.14. The van der Waals surface area contributed by atoms with E-state index in [2.05, 4.69) is 143 Å². The molecule has 0 bridgehead atoms. The second-order valence-corrected chi connectivity index (χ2v) is 11.2. The molecule has 0 amide bonds. The molecule has 8 aromatic rings. The number of nitrogens with zero attached hydrogens (tertiary/aromatic N) is 4. The van der Waals surface area contributed by atoms with Gasteiger partial charge in [0.25, 0.3) is 0 Å². The Morgan fingerprint density at radius 1 is 0.304 bits per heavy atom. The van der Waals surface area contributed by atoms with Crippen molar-refractivity contribution in [2.75, 3.05) is 9.80 Å². The minimum absolute atomic E-state index is 0.987. The highest BCUT2D eigenvalue weighted by atomic mass is 15.2. The molecule has 0 spiro atoms. The molecule has 0 atom stereocenters. The third-order valence-corrected chi connectivity index (χ3v) is 8.28. The maximum atomic E-state index is 4.75. The van der Waals surface area contributed by atoms with Gasteiger partial charge in [-0.05, 0) is 83.9 Å². The Morgan fingerprint density at radius 3 is 1.07 bits per heavy atom. The highest BCUT2D eigenvalue weighted by Crippen LogP contribution is 2.38. The van der Waals surface area contributed by atoms with Gasteiger partial charge in [-0.25, -0.2) is 0 Å². The molecular formula is C42H30N4. The Morgan fingerprint density at radius 2 is 0.652 bits per heavy atom. The zero-order valence-corrected chi connectivity index (χ0v) is 25.1. The minimum Gasteiger partial charge on any atom is -0.309 e. The molecule has 0 saturated heterocycles. The van der Waals surface area contributed by atoms with Crippen LogP contribution in [0.2, 0.25) is 0 Å². The molecular weight excluding hydrogens is 560 g/mol. The number of pyridine rings is 2.